The lowest BCUT2D eigenvalue weighted by molar-refractivity contribution is 0.281. The maximum absolute atomic E-state index is 6.23. The lowest BCUT2D eigenvalue weighted by atomic mass is 10.1. The van der Waals surface area contributed by atoms with Crippen LogP contribution in [0.25, 0.3) is 16.9 Å². The quantitative estimate of drug-likeness (QED) is 0.795. The maximum atomic E-state index is 6.23. The fourth-order valence-electron chi connectivity index (χ4n) is 3.23. The molecule has 1 N–H and O–H groups in total. The van der Waals surface area contributed by atoms with Gasteiger partial charge in [-0.05, 0) is 43.8 Å². The molecule has 0 atom stereocenters. The third-order valence-corrected chi connectivity index (χ3v) is 4.66. The first kappa shape index (κ1) is 15.6. The van der Waals surface area contributed by atoms with E-state index >= 15 is 0 Å². The molecule has 0 spiro atoms. The Labute approximate surface area is 146 Å². The van der Waals surface area contributed by atoms with Crippen molar-refractivity contribution in [2.24, 2.45) is 0 Å². The molecule has 24 heavy (non-hydrogen) atoms. The topological polar surface area (TPSA) is 45.5 Å². The van der Waals surface area contributed by atoms with Crippen molar-refractivity contribution in [2.45, 2.75) is 13.0 Å². The first-order chi connectivity index (χ1) is 11.8. The second kappa shape index (κ2) is 6.89. The van der Waals surface area contributed by atoms with Crippen LogP contribution in [0.1, 0.15) is 12.1 Å². The highest BCUT2D eigenvalue weighted by Gasteiger charge is 2.18. The van der Waals surface area contributed by atoms with Gasteiger partial charge in [0, 0.05) is 43.8 Å². The molecule has 0 radical (unpaired) electrons. The van der Waals surface area contributed by atoms with Crippen molar-refractivity contribution in [3.63, 3.8) is 0 Å². The number of hydrogen-bond acceptors (Lipinski definition) is 4. The molecule has 0 amide bonds. The summed E-state index contributed by atoms with van der Waals surface area (Å²) in [5, 5.41) is 4.18. The monoisotopic (exact) mass is 341 g/mol. The molecule has 4 heterocycles. The van der Waals surface area contributed by atoms with Gasteiger partial charge in [0.15, 0.2) is 0 Å². The molecular formula is C18H20ClN5. The molecule has 0 unspecified atom stereocenters. The summed E-state index contributed by atoms with van der Waals surface area (Å²) in [5.74, 6) is 0. The Morgan fingerprint density at radius 2 is 1.96 bits per heavy atom. The van der Waals surface area contributed by atoms with Crippen LogP contribution in [0.4, 0.5) is 0 Å². The van der Waals surface area contributed by atoms with Gasteiger partial charge in [0.2, 0.25) is 0 Å². The van der Waals surface area contributed by atoms with Crippen molar-refractivity contribution in [1.29, 1.82) is 0 Å². The third kappa shape index (κ3) is 3.15. The normalized spacial score (nSPS) is 16.4. The van der Waals surface area contributed by atoms with Gasteiger partial charge in [-0.15, -0.1) is 0 Å². The lowest BCUT2D eigenvalue weighted by Crippen LogP contribution is -2.28. The van der Waals surface area contributed by atoms with E-state index in [0.29, 0.717) is 0 Å². The van der Waals surface area contributed by atoms with Crippen LogP contribution in [0.5, 0.6) is 0 Å². The van der Waals surface area contributed by atoms with Crippen molar-refractivity contribution in [3.8, 4) is 11.3 Å². The number of fused-ring (bicyclic) bond motifs is 1. The lowest BCUT2D eigenvalue weighted by Gasteiger charge is -2.20. The molecule has 1 aliphatic heterocycles. The van der Waals surface area contributed by atoms with Crippen LogP contribution < -0.4 is 5.32 Å². The predicted octanol–water partition coefficient (Wildman–Crippen LogP) is 2.85. The van der Waals surface area contributed by atoms with Gasteiger partial charge in [0.1, 0.15) is 5.65 Å². The number of imidazole rings is 1. The predicted molar refractivity (Wildman–Crippen MR) is 96.2 cm³/mol. The van der Waals surface area contributed by atoms with E-state index in [9.17, 15) is 0 Å². The molecule has 0 aromatic carbocycles. The summed E-state index contributed by atoms with van der Waals surface area (Å²) < 4.78 is 2.12. The summed E-state index contributed by atoms with van der Waals surface area (Å²) in [5.41, 5.74) is 4.21. The Bertz CT molecular complexity index is 822. The Hall–Kier alpha value is -1.95. The molecule has 3 aromatic heterocycles. The Balaban J connectivity index is 1.79. The number of rotatable bonds is 3. The molecule has 0 bridgehead atoms. The van der Waals surface area contributed by atoms with Crippen molar-refractivity contribution < 1.29 is 0 Å². The summed E-state index contributed by atoms with van der Waals surface area (Å²) in [6, 6.07) is 7.88. The fraction of sp³-hybridized carbons (Fsp3) is 0.333. The number of hydrogen-bond donors (Lipinski definition) is 1. The Morgan fingerprint density at radius 3 is 2.83 bits per heavy atom. The van der Waals surface area contributed by atoms with Crippen molar-refractivity contribution in [1.82, 2.24) is 24.6 Å². The molecule has 1 saturated heterocycles. The van der Waals surface area contributed by atoms with Crippen molar-refractivity contribution in [2.75, 3.05) is 26.2 Å². The highest BCUT2D eigenvalue weighted by Crippen LogP contribution is 2.26. The van der Waals surface area contributed by atoms with Crippen LogP contribution in [0, 0.1) is 0 Å². The van der Waals surface area contributed by atoms with Gasteiger partial charge in [0.25, 0.3) is 0 Å². The van der Waals surface area contributed by atoms with Crippen LogP contribution in [-0.2, 0) is 6.54 Å². The molecule has 0 saturated carbocycles. The SMILES string of the molecule is Clc1ccc2nc(-c3ccncc3)c(CN3CCCNCC3)n2c1. The summed E-state index contributed by atoms with van der Waals surface area (Å²) in [7, 11) is 0. The van der Waals surface area contributed by atoms with Gasteiger partial charge in [-0.3, -0.25) is 9.88 Å². The summed E-state index contributed by atoms with van der Waals surface area (Å²) >= 11 is 6.23. The maximum Gasteiger partial charge on any atom is 0.137 e. The number of nitrogens with zero attached hydrogens (tertiary/aromatic N) is 4. The Morgan fingerprint density at radius 1 is 1.08 bits per heavy atom. The Kier molecular flexibility index (Phi) is 4.47. The molecule has 124 valence electrons. The number of halogens is 1. The van der Waals surface area contributed by atoms with Crippen LogP contribution in [-0.4, -0.2) is 45.4 Å². The number of pyridine rings is 2. The van der Waals surface area contributed by atoms with Gasteiger partial charge < -0.3 is 9.72 Å². The zero-order valence-electron chi connectivity index (χ0n) is 13.5. The highest BCUT2D eigenvalue weighted by atomic mass is 35.5. The minimum absolute atomic E-state index is 0.722. The molecule has 3 aromatic rings. The van der Waals surface area contributed by atoms with Gasteiger partial charge in [-0.1, -0.05) is 11.6 Å². The molecule has 1 aliphatic rings. The van der Waals surface area contributed by atoms with E-state index in [0.717, 1.165) is 54.7 Å². The third-order valence-electron chi connectivity index (χ3n) is 4.44. The number of nitrogens with one attached hydrogen (secondary N) is 1. The summed E-state index contributed by atoms with van der Waals surface area (Å²) in [6.07, 6.45) is 6.75. The van der Waals surface area contributed by atoms with E-state index in [1.165, 1.54) is 12.1 Å². The highest BCUT2D eigenvalue weighted by molar-refractivity contribution is 6.30. The van der Waals surface area contributed by atoms with E-state index in [1.807, 2.05) is 42.9 Å². The minimum Gasteiger partial charge on any atom is -0.315 e. The van der Waals surface area contributed by atoms with Gasteiger partial charge >= 0.3 is 0 Å². The van der Waals surface area contributed by atoms with Crippen LogP contribution in [0.3, 0.4) is 0 Å². The second-order valence-electron chi connectivity index (χ2n) is 6.10. The summed E-state index contributed by atoms with van der Waals surface area (Å²) in [4.78, 5) is 11.5. The van der Waals surface area contributed by atoms with Gasteiger partial charge in [-0.25, -0.2) is 4.98 Å². The van der Waals surface area contributed by atoms with Crippen molar-refractivity contribution in [3.05, 3.63) is 53.6 Å². The van der Waals surface area contributed by atoms with Crippen LogP contribution in [0.2, 0.25) is 5.02 Å². The van der Waals surface area contributed by atoms with E-state index in [4.69, 9.17) is 16.6 Å². The molecule has 1 fully saturated rings. The molecule has 6 heteroatoms. The smallest absolute Gasteiger partial charge is 0.137 e. The first-order valence-electron chi connectivity index (χ1n) is 8.31. The molecule has 5 nitrogen and oxygen atoms in total. The standard InChI is InChI=1S/C18H20ClN5/c19-15-2-3-17-22-18(14-4-7-21-8-5-14)16(24(17)12-15)13-23-10-1-6-20-9-11-23/h2-5,7-8,12,20H,1,6,9-11,13H2. The van der Waals surface area contributed by atoms with E-state index < -0.39 is 0 Å². The van der Waals surface area contributed by atoms with E-state index in [-0.39, 0.29) is 0 Å². The number of aromatic nitrogens is 3. The molecule has 4 rings (SSSR count). The van der Waals surface area contributed by atoms with E-state index in [2.05, 4.69) is 19.6 Å². The fourth-order valence-corrected chi connectivity index (χ4v) is 3.39. The molecular weight excluding hydrogens is 322 g/mol. The van der Waals surface area contributed by atoms with Crippen molar-refractivity contribution >= 4 is 17.2 Å². The van der Waals surface area contributed by atoms with Crippen LogP contribution >= 0.6 is 11.6 Å². The summed E-state index contributed by atoms with van der Waals surface area (Å²) in [6.45, 7) is 5.12. The average Bonchev–Trinajstić information content (AvgIpc) is 2.78. The minimum atomic E-state index is 0.722. The largest absolute Gasteiger partial charge is 0.315 e. The molecule has 0 aliphatic carbocycles. The second-order valence-corrected chi connectivity index (χ2v) is 6.53. The zero-order chi connectivity index (χ0) is 16.4. The van der Waals surface area contributed by atoms with Gasteiger partial charge in [-0.2, -0.15) is 0 Å². The van der Waals surface area contributed by atoms with Crippen LogP contribution in [0.15, 0.2) is 42.9 Å². The van der Waals surface area contributed by atoms with E-state index in [1.54, 1.807) is 0 Å². The first-order valence-corrected chi connectivity index (χ1v) is 8.69. The van der Waals surface area contributed by atoms with Gasteiger partial charge in [0.05, 0.1) is 16.4 Å². The average molecular weight is 342 g/mol. The zero-order valence-corrected chi connectivity index (χ0v) is 14.2.